The maximum atomic E-state index is 5.93. The van der Waals surface area contributed by atoms with Crippen LogP contribution < -0.4 is 10.6 Å². The van der Waals surface area contributed by atoms with E-state index in [1.54, 1.807) is 0 Å². The van der Waals surface area contributed by atoms with Crippen LogP contribution in [0.1, 0.15) is 31.2 Å². The largest absolute Gasteiger partial charge is 0.373 e. The maximum absolute atomic E-state index is 5.93. The molecule has 0 amide bonds. The number of guanidine groups is 1. The first-order chi connectivity index (χ1) is 13.8. The van der Waals surface area contributed by atoms with Crippen LogP contribution in [0.15, 0.2) is 35.3 Å². The Balaban J connectivity index is 1.09. The molecule has 1 aromatic rings. The van der Waals surface area contributed by atoms with E-state index in [1.807, 2.05) is 7.05 Å². The van der Waals surface area contributed by atoms with Crippen LogP contribution in [0.25, 0.3) is 0 Å². The van der Waals surface area contributed by atoms with Crippen molar-refractivity contribution in [1.82, 2.24) is 20.4 Å². The average molecular weight is 386 g/mol. The van der Waals surface area contributed by atoms with E-state index in [0.717, 1.165) is 51.5 Å². The molecule has 0 aliphatic carbocycles. The minimum Gasteiger partial charge on any atom is -0.373 e. The lowest BCUT2D eigenvalue weighted by atomic mass is 9.96. The lowest BCUT2D eigenvalue weighted by Gasteiger charge is -2.34. The van der Waals surface area contributed by atoms with Crippen molar-refractivity contribution < 1.29 is 4.74 Å². The smallest absolute Gasteiger partial charge is 0.191 e. The molecule has 3 aliphatic rings. The van der Waals surface area contributed by atoms with Crippen LogP contribution in [-0.4, -0.2) is 80.3 Å². The fraction of sp³-hybridized carbons (Fsp3) is 0.682. The quantitative estimate of drug-likeness (QED) is 0.425. The van der Waals surface area contributed by atoms with Crippen LogP contribution >= 0.6 is 0 Å². The van der Waals surface area contributed by atoms with Gasteiger partial charge in [0.25, 0.3) is 0 Å². The topological polar surface area (TPSA) is 52.1 Å². The molecule has 0 saturated carbocycles. The first kappa shape index (κ1) is 19.7. The molecule has 3 heterocycles. The van der Waals surface area contributed by atoms with Crippen LogP contribution in [0.3, 0.4) is 0 Å². The van der Waals surface area contributed by atoms with E-state index in [4.69, 9.17) is 4.74 Å². The zero-order valence-electron chi connectivity index (χ0n) is 17.1. The van der Waals surface area contributed by atoms with E-state index in [2.05, 4.69) is 55.8 Å². The van der Waals surface area contributed by atoms with Crippen molar-refractivity contribution in [3.05, 3.63) is 35.9 Å². The van der Waals surface area contributed by atoms with E-state index >= 15 is 0 Å². The number of nitrogens with zero attached hydrogens (tertiary/aromatic N) is 3. The Kier molecular flexibility index (Phi) is 6.83. The molecular formula is C22H35N5O. The van der Waals surface area contributed by atoms with Gasteiger partial charge in [0.2, 0.25) is 0 Å². The van der Waals surface area contributed by atoms with Gasteiger partial charge in [0.15, 0.2) is 5.96 Å². The zero-order valence-corrected chi connectivity index (χ0v) is 17.1. The summed E-state index contributed by atoms with van der Waals surface area (Å²) in [6, 6.07) is 11.2. The summed E-state index contributed by atoms with van der Waals surface area (Å²) in [6.07, 6.45) is 5.55. The molecule has 2 bridgehead atoms. The Morgan fingerprint density at radius 2 is 1.89 bits per heavy atom. The molecule has 3 aliphatic heterocycles. The fourth-order valence-corrected chi connectivity index (χ4v) is 4.68. The van der Waals surface area contributed by atoms with Crippen molar-refractivity contribution in [1.29, 1.82) is 0 Å². The number of ether oxygens (including phenoxy) is 1. The highest BCUT2D eigenvalue weighted by Gasteiger charge is 2.41. The predicted octanol–water partition coefficient (Wildman–Crippen LogP) is 1.68. The summed E-state index contributed by atoms with van der Waals surface area (Å²) in [5.41, 5.74) is 1.42. The molecule has 0 radical (unpaired) electrons. The van der Waals surface area contributed by atoms with E-state index < -0.39 is 0 Å². The van der Waals surface area contributed by atoms with Crippen molar-refractivity contribution in [3.8, 4) is 0 Å². The van der Waals surface area contributed by atoms with Gasteiger partial charge in [-0.15, -0.1) is 0 Å². The van der Waals surface area contributed by atoms with E-state index in [9.17, 15) is 0 Å². The van der Waals surface area contributed by atoms with Gasteiger partial charge in [-0.05, 0) is 37.8 Å². The summed E-state index contributed by atoms with van der Waals surface area (Å²) < 4.78 is 5.93. The van der Waals surface area contributed by atoms with Gasteiger partial charge in [-0.1, -0.05) is 30.3 Å². The van der Waals surface area contributed by atoms with Crippen LogP contribution in [0.5, 0.6) is 0 Å². The molecule has 3 unspecified atom stereocenters. The van der Waals surface area contributed by atoms with Crippen molar-refractivity contribution in [2.24, 2.45) is 4.99 Å². The summed E-state index contributed by atoms with van der Waals surface area (Å²) in [4.78, 5) is 9.54. The molecule has 3 saturated heterocycles. The van der Waals surface area contributed by atoms with Crippen molar-refractivity contribution in [2.75, 3.05) is 46.3 Å². The van der Waals surface area contributed by atoms with Gasteiger partial charge in [0, 0.05) is 46.3 Å². The Bertz CT molecular complexity index is 629. The number of rotatable bonds is 7. The molecule has 0 spiro atoms. The molecular weight excluding hydrogens is 350 g/mol. The van der Waals surface area contributed by atoms with Gasteiger partial charge < -0.3 is 20.3 Å². The molecule has 3 atom stereocenters. The van der Waals surface area contributed by atoms with E-state index in [-0.39, 0.29) is 0 Å². The van der Waals surface area contributed by atoms with Gasteiger partial charge in [0.05, 0.1) is 18.2 Å². The molecule has 6 nitrogen and oxygen atoms in total. The molecule has 2 N–H and O–H groups in total. The van der Waals surface area contributed by atoms with Crippen LogP contribution in [0, 0.1) is 0 Å². The standard InChI is InChI=1S/C22H35N5O/c1-23-22(25-20-16-19-8-9-21(20)28-19)24-10-5-11-26-12-14-27(15-13-26)17-18-6-3-2-4-7-18/h2-4,6-7,19-21H,5,8-17H2,1H3,(H2,23,24,25). The summed E-state index contributed by atoms with van der Waals surface area (Å²) in [5.74, 6) is 0.925. The normalized spacial score (nSPS) is 28.6. The SMILES string of the molecule is CN=C(NCCCN1CCN(Cc2ccccc2)CC1)NC1CC2CCC1O2. The average Bonchev–Trinajstić information content (AvgIpc) is 3.35. The van der Waals surface area contributed by atoms with Gasteiger partial charge in [-0.3, -0.25) is 9.89 Å². The van der Waals surface area contributed by atoms with Crippen LogP contribution in [0.2, 0.25) is 0 Å². The molecule has 0 aromatic heterocycles. The molecule has 154 valence electrons. The zero-order chi connectivity index (χ0) is 19.2. The van der Waals surface area contributed by atoms with Gasteiger partial charge >= 0.3 is 0 Å². The first-order valence-electron chi connectivity index (χ1n) is 10.9. The summed E-state index contributed by atoms with van der Waals surface area (Å²) in [6.45, 7) is 7.85. The van der Waals surface area contributed by atoms with Crippen molar-refractivity contribution in [2.45, 2.75) is 50.5 Å². The number of nitrogens with one attached hydrogen (secondary N) is 2. The van der Waals surface area contributed by atoms with E-state index in [0.29, 0.717) is 18.2 Å². The maximum Gasteiger partial charge on any atom is 0.191 e. The van der Waals surface area contributed by atoms with Gasteiger partial charge in [0.1, 0.15) is 0 Å². The minimum absolute atomic E-state index is 0.385. The second-order valence-corrected chi connectivity index (χ2v) is 8.32. The first-order valence-corrected chi connectivity index (χ1v) is 10.9. The highest BCUT2D eigenvalue weighted by molar-refractivity contribution is 5.80. The number of fused-ring (bicyclic) bond motifs is 2. The van der Waals surface area contributed by atoms with Gasteiger partial charge in [-0.25, -0.2) is 0 Å². The number of hydrogen-bond acceptors (Lipinski definition) is 4. The fourth-order valence-electron chi connectivity index (χ4n) is 4.68. The third kappa shape index (κ3) is 5.25. The van der Waals surface area contributed by atoms with Crippen molar-refractivity contribution >= 4 is 5.96 Å². The summed E-state index contributed by atoms with van der Waals surface area (Å²) in [7, 11) is 1.86. The Morgan fingerprint density at radius 1 is 1.11 bits per heavy atom. The lowest BCUT2D eigenvalue weighted by Crippen LogP contribution is -2.48. The number of benzene rings is 1. The second-order valence-electron chi connectivity index (χ2n) is 8.32. The second kappa shape index (κ2) is 9.72. The molecule has 4 rings (SSSR count). The summed E-state index contributed by atoms with van der Waals surface area (Å²) in [5, 5.41) is 7.04. The molecule has 3 fully saturated rings. The third-order valence-corrected chi connectivity index (χ3v) is 6.31. The molecule has 1 aromatic carbocycles. The lowest BCUT2D eigenvalue weighted by molar-refractivity contribution is 0.0992. The number of piperazine rings is 1. The van der Waals surface area contributed by atoms with Gasteiger partial charge in [-0.2, -0.15) is 0 Å². The monoisotopic (exact) mass is 385 g/mol. The van der Waals surface area contributed by atoms with Crippen molar-refractivity contribution in [3.63, 3.8) is 0 Å². The summed E-state index contributed by atoms with van der Waals surface area (Å²) >= 11 is 0. The highest BCUT2D eigenvalue weighted by atomic mass is 16.5. The number of hydrogen-bond donors (Lipinski definition) is 2. The Hall–Kier alpha value is -1.63. The predicted molar refractivity (Wildman–Crippen MR) is 114 cm³/mol. The number of aliphatic imine (C=N–C) groups is 1. The van der Waals surface area contributed by atoms with Crippen LogP contribution in [0.4, 0.5) is 0 Å². The molecule has 6 heteroatoms. The third-order valence-electron chi connectivity index (χ3n) is 6.31. The van der Waals surface area contributed by atoms with Crippen LogP contribution in [-0.2, 0) is 11.3 Å². The Morgan fingerprint density at radius 3 is 2.57 bits per heavy atom. The molecule has 28 heavy (non-hydrogen) atoms. The van der Waals surface area contributed by atoms with E-state index in [1.165, 1.54) is 31.5 Å². The Labute approximate surface area is 169 Å². The highest BCUT2D eigenvalue weighted by Crippen LogP contribution is 2.34. The minimum atomic E-state index is 0.385.